The average Bonchev–Trinajstić information content (AvgIpc) is 3.84. The average molecular weight is 776 g/mol. The summed E-state index contributed by atoms with van der Waals surface area (Å²) in [6.45, 7) is 0. The third-order valence-corrected chi connectivity index (χ3v) is 13.3. The SMILES string of the molecule is c1ccc(-c2ccc(N(c3ccc4c(c3)-c3ccccc3-c3ccccc3C43c4ccccc4-c4c3ccc3ccccc43)c3cccc4c3oc3ccccc34)cc2)cc1. The fraction of sp³-hybridized carbons (Fsp3) is 0.0169. The Balaban J connectivity index is 1.12. The Bertz CT molecular complexity index is 3540. The van der Waals surface area contributed by atoms with Crippen LogP contribution in [0.15, 0.2) is 229 Å². The summed E-state index contributed by atoms with van der Waals surface area (Å²) in [6, 6.07) is 82.5. The Labute approximate surface area is 354 Å². The fourth-order valence-corrected chi connectivity index (χ4v) is 10.8. The lowest BCUT2D eigenvalue weighted by atomic mass is 9.65. The van der Waals surface area contributed by atoms with Crippen LogP contribution in [-0.2, 0) is 5.41 Å². The van der Waals surface area contributed by atoms with Crippen molar-refractivity contribution in [1.29, 1.82) is 0 Å². The van der Waals surface area contributed by atoms with Gasteiger partial charge < -0.3 is 9.32 Å². The highest BCUT2D eigenvalue weighted by Crippen LogP contribution is 2.63. The van der Waals surface area contributed by atoms with Gasteiger partial charge in [-0.15, -0.1) is 0 Å². The van der Waals surface area contributed by atoms with Gasteiger partial charge in [0.1, 0.15) is 5.58 Å². The molecule has 11 aromatic rings. The Morgan fingerprint density at radius 2 is 0.918 bits per heavy atom. The second kappa shape index (κ2) is 13.0. The monoisotopic (exact) mass is 775 g/mol. The lowest BCUT2D eigenvalue weighted by Gasteiger charge is -2.36. The smallest absolute Gasteiger partial charge is 0.159 e. The van der Waals surface area contributed by atoms with Gasteiger partial charge in [-0.3, -0.25) is 0 Å². The van der Waals surface area contributed by atoms with E-state index in [1.807, 2.05) is 6.07 Å². The first-order valence-corrected chi connectivity index (χ1v) is 21.1. The number of hydrogen-bond donors (Lipinski definition) is 0. The van der Waals surface area contributed by atoms with Gasteiger partial charge in [-0.05, 0) is 114 Å². The van der Waals surface area contributed by atoms with E-state index < -0.39 is 5.41 Å². The molecule has 0 saturated heterocycles. The first-order chi connectivity index (χ1) is 30.3. The summed E-state index contributed by atoms with van der Waals surface area (Å²) < 4.78 is 6.78. The molecule has 1 heterocycles. The minimum atomic E-state index is -0.583. The van der Waals surface area contributed by atoms with Crippen molar-refractivity contribution in [2.45, 2.75) is 5.41 Å². The van der Waals surface area contributed by atoms with Crippen molar-refractivity contribution in [3.63, 3.8) is 0 Å². The molecular weight excluding hydrogens is 739 g/mol. The molecule has 2 aliphatic rings. The van der Waals surface area contributed by atoms with E-state index in [9.17, 15) is 0 Å². The molecule has 1 spiro atoms. The summed E-state index contributed by atoms with van der Waals surface area (Å²) in [5, 5.41) is 4.74. The second-order valence-corrected chi connectivity index (χ2v) is 16.3. The number of benzene rings is 10. The molecule has 2 heteroatoms. The predicted molar refractivity (Wildman–Crippen MR) is 253 cm³/mol. The Kier molecular flexibility index (Phi) is 7.26. The third-order valence-electron chi connectivity index (χ3n) is 13.3. The van der Waals surface area contributed by atoms with Gasteiger partial charge in [0.05, 0.1) is 11.1 Å². The molecule has 61 heavy (non-hydrogen) atoms. The largest absolute Gasteiger partial charge is 0.454 e. The van der Waals surface area contributed by atoms with Crippen LogP contribution < -0.4 is 4.90 Å². The topological polar surface area (TPSA) is 16.4 Å². The molecule has 1 unspecified atom stereocenters. The van der Waals surface area contributed by atoms with Crippen LogP contribution >= 0.6 is 0 Å². The minimum absolute atomic E-state index is 0.583. The standard InChI is InChI=1S/C59H37NO/c1-2-15-38(16-3-1)39-29-32-41(33-30-39)60(55-27-14-24-48-47-22-10-13-28-56(47)61-58(48)55)42-34-36-53-50(37-42)45-20-7-6-19-44(45)46-21-8-11-25-51(46)59(53)52-26-12-9-23-49(52)57-43-18-5-4-17-40(43)31-35-54(57)59/h1-37H. The lowest BCUT2D eigenvalue weighted by molar-refractivity contribution is 0.669. The van der Waals surface area contributed by atoms with Crippen molar-refractivity contribution in [3.05, 3.63) is 247 Å². The number of fused-ring (bicyclic) bond motifs is 17. The quantitative estimate of drug-likeness (QED) is 0.177. The van der Waals surface area contributed by atoms with Crippen LogP contribution in [0.1, 0.15) is 22.3 Å². The van der Waals surface area contributed by atoms with Gasteiger partial charge in [-0.1, -0.05) is 188 Å². The van der Waals surface area contributed by atoms with Crippen LogP contribution in [0.3, 0.4) is 0 Å². The zero-order chi connectivity index (χ0) is 40.1. The number of nitrogens with zero attached hydrogens (tertiary/aromatic N) is 1. The van der Waals surface area contributed by atoms with Gasteiger partial charge >= 0.3 is 0 Å². The van der Waals surface area contributed by atoms with Crippen LogP contribution in [0.4, 0.5) is 17.1 Å². The maximum Gasteiger partial charge on any atom is 0.159 e. The Morgan fingerprint density at radius 1 is 0.344 bits per heavy atom. The van der Waals surface area contributed by atoms with Crippen molar-refractivity contribution in [1.82, 2.24) is 0 Å². The first-order valence-electron chi connectivity index (χ1n) is 21.1. The van der Waals surface area contributed by atoms with Crippen LogP contribution in [-0.4, -0.2) is 0 Å². The molecule has 2 nitrogen and oxygen atoms in total. The molecule has 13 rings (SSSR count). The van der Waals surface area contributed by atoms with Gasteiger partial charge in [0, 0.05) is 22.1 Å². The van der Waals surface area contributed by atoms with Crippen molar-refractivity contribution < 1.29 is 4.42 Å². The van der Waals surface area contributed by atoms with Crippen molar-refractivity contribution in [2.24, 2.45) is 0 Å². The van der Waals surface area contributed by atoms with E-state index in [1.165, 1.54) is 77.5 Å². The van der Waals surface area contributed by atoms with Crippen LogP contribution in [0.2, 0.25) is 0 Å². The Hall–Kier alpha value is -7.94. The van der Waals surface area contributed by atoms with E-state index in [2.05, 4.69) is 223 Å². The molecule has 0 radical (unpaired) electrons. The van der Waals surface area contributed by atoms with E-state index in [0.29, 0.717) is 0 Å². The van der Waals surface area contributed by atoms with Crippen molar-refractivity contribution in [3.8, 4) is 44.5 Å². The highest BCUT2D eigenvalue weighted by atomic mass is 16.3. The van der Waals surface area contributed by atoms with E-state index in [0.717, 1.165) is 39.0 Å². The summed E-state index contributed by atoms with van der Waals surface area (Å²) in [5.74, 6) is 0. The van der Waals surface area contributed by atoms with Gasteiger partial charge in [0.25, 0.3) is 0 Å². The molecule has 0 saturated carbocycles. The van der Waals surface area contributed by atoms with Gasteiger partial charge in [0.15, 0.2) is 5.58 Å². The molecule has 284 valence electrons. The van der Waals surface area contributed by atoms with Gasteiger partial charge in [0.2, 0.25) is 0 Å². The van der Waals surface area contributed by atoms with E-state index in [-0.39, 0.29) is 0 Å². The summed E-state index contributed by atoms with van der Waals surface area (Å²) in [5.41, 5.74) is 19.4. The van der Waals surface area contributed by atoms with E-state index in [4.69, 9.17) is 4.42 Å². The summed E-state index contributed by atoms with van der Waals surface area (Å²) in [6.07, 6.45) is 0. The van der Waals surface area contributed by atoms with Gasteiger partial charge in [-0.2, -0.15) is 0 Å². The molecule has 2 aliphatic carbocycles. The highest BCUT2D eigenvalue weighted by Gasteiger charge is 2.50. The highest BCUT2D eigenvalue weighted by molar-refractivity contribution is 6.11. The molecular formula is C59H37NO. The fourth-order valence-electron chi connectivity index (χ4n) is 10.8. The van der Waals surface area contributed by atoms with Crippen molar-refractivity contribution in [2.75, 3.05) is 4.90 Å². The molecule has 0 fully saturated rings. The normalized spacial score (nSPS) is 14.6. The van der Waals surface area contributed by atoms with Crippen LogP contribution in [0.25, 0.3) is 77.2 Å². The first kappa shape index (κ1) is 34.0. The number of furan rings is 1. The maximum atomic E-state index is 6.78. The number of hydrogen-bond acceptors (Lipinski definition) is 2. The maximum absolute atomic E-state index is 6.78. The molecule has 0 bridgehead atoms. The zero-order valence-corrected chi connectivity index (χ0v) is 33.2. The van der Waals surface area contributed by atoms with E-state index >= 15 is 0 Å². The van der Waals surface area contributed by atoms with Crippen molar-refractivity contribution >= 4 is 49.8 Å². The summed E-state index contributed by atoms with van der Waals surface area (Å²) >= 11 is 0. The number of anilines is 3. The Morgan fingerprint density at radius 3 is 1.74 bits per heavy atom. The molecule has 1 atom stereocenters. The molecule has 0 N–H and O–H groups in total. The molecule has 10 aromatic carbocycles. The van der Waals surface area contributed by atoms with Crippen LogP contribution in [0.5, 0.6) is 0 Å². The van der Waals surface area contributed by atoms with Crippen LogP contribution in [0, 0.1) is 0 Å². The molecule has 1 aromatic heterocycles. The third kappa shape index (κ3) is 4.79. The minimum Gasteiger partial charge on any atom is -0.454 e. The lowest BCUT2D eigenvalue weighted by Crippen LogP contribution is -2.29. The molecule has 0 amide bonds. The zero-order valence-electron chi connectivity index (χ0n) is 33.2. The summed E-state index contributed by atoms with van der Waals surface area (Å²) in [7, 11) is 0. The number of para-hydroxylation sites is 2. The van der Waals surface area contributed by atoms with Gasteiger partial charge in [-0.25, -0.2) is 0 Å². The molecule has 0 aliphatic heterocycles. The van der Waals surface area contributed by atoms with E-state index in [1.54, 1.807) is 0 Å². The predicted octanol–water partition coefficient (Wildman–Crippen LogP) is 15.9. The second-order valence-electron chi connectivity index (χ2n) is 16.3. The number of rotatable bonds is 4. The summed E-state index contributed by atoms with van der Waals surface area (Å²) in [4.78, 5) is 2.39.